The van der Waals surface area contributed by atoms with Crippen LogP contribution in [0.2, 0.25) is 0 Å². The van der Waals surface area contributed by atoms with Crippen molar-refractivity contribution in [3.63, 3.8) is 0 Å². The quantitative estimate of drug-likeness (QED) is 0.238. The van der Waals surface area contributed by atoms with E-state index in [1.165, 1.54) is 6.92 Å². The van der Waals surface area contributed by atoms with E-state index in [1.807, 2.05) is 4.98 Å². The van der Waals surface area contributed by atoms with Crippen molar-refractivity contribution in [2.45, 2.75) is 25.4 Å². The number of ether oxygens (including phenoxy) is 1. The predicted octanol–water partition coefficient (Wildman–Crippen LogP) is -1.23. The minimum Gasteiger partial charge on any atom is -0.390 e. The number of hydrogen-bond acceptors (Lipinski definition) is 10. The highest BCUT2D eigenvalue weighted by molar-refractivity contribution is 7.66. The lowest BCUT2D eigenvalue weighted by Gasteiger charge is -2.19. The fourth-order valence-corrected chi connectivity index (χ4v) is 5.48. The molecule has 1 aliphatic heterocycles. The number of aromatic amines is 1. The maximum Gasteiger partial charge on any atom is 0.490 e. The summed E-state index contributed by atoms with van der Waals surface area (Å²) in [6, 6.07) is 1.03. The van der Waals surface area contributed by atoms with Crippen molar-refractivity contribution in [3.05, 3.63) is 33.1 Å². The zero-order valence-electron chi connectivity index (χ0n) is 14.4. The van der Waals surface area contributed by atoms with Crippen molar-refractivity contribution in [3.8, 4) is 0 Å². The molecule has 0 aliphatic carbocycles. The Morgan fingerprint density at radius 3 is 2.31 bits per heavy atom. The van der Waals surface area contributed by atoms with Gasteiger partial charge in [0, 0.05) is 18.2 Å². The average molecular weight is 482 g/mol. The van der Waals surface area contributed by atoms with Crippen LogP contribution in [-0.4, -0.2) is 53.0 Å². The summed E-state index contributed by atoms with van der Waals surface area (Å²) in [6.45, 7) is 0.585. The number of nitrogens with zero attached hydrogens (tertiary/aromatic N) is 1. The lowest BCUT2D eigenvalue weighted by Crippen LogP contribution is -2.33. The fraction of sp³-hybridized carbons (Fsp3) is 0.600. The molecule has 0 spiro atoms. The normalized spacial score (nSPS) is 29.3. The molecular formula is C10H17N2O14P3. The summed E-state index contributed by atoms with van der Waals surface area (Å²) >= 11 is 0. The van der Waals surface area contributed by atoms with Gasteiger partial charge in [0.2, 0.25) is 0 Å². The maximum absolute atomic E-state index is 11.8. The van der Waals surface area contributed by atoms with Crippen LogP contribution < -0.4 is 11.2 Å². The Labute approximate surface area is 161 Å². The molecule has 0 radical (unpaired) electrons. The molecule has 2 rings (SSSR count). The highest BCUT2D eigenvalue weighted by atomic mass is 31.3. The maximum atomic E-state index is 11.8. The fourth-order valence-electron chi connectivity index (χ4n) is 2.45. The molecule has 6 atom stereocenters. The van der Waals surface area contributed by atoms with Crippen LogP contribution in [0.3, 0.4) is 0 Å². The molecule has 1 aromatic heterocycles. The Hall–Kier alpha value is -0.990. The van der Waals surface area contributed by atoms with Crippen LogP contribution in [0.1, 0.15) is 13.2 Å². The molecule has 2 heterocycles. The summed E-state index contributed by atoms with van der Waals surface area (Å²) in [5.41, 5.74) is -1.50. The number of aromatic nitrogens is 2. The standard InChI is InChI=1S/C10H17N2O14P3/c1-5-8(14)6(24-9(5)12-3-2-7(13)11-10(12)15)4-23-28(19,20)26-29(21,22)25-27(16,17)18/h2-3,5-6,8-9,14H,4H2,1H3,(H,19,20)(H,21,22)(H,11,13,15)(H2,16,17,18)/t5?,6-,8?,9-/m1/s1. The molecule has 0 amide bonds. The van der Waals surface area contributed by atoms with E-state index in [2.05, 4.69) is 13.1 Å². The highest BCUT2D eigenvalue weighted by Crippen LogP contribution is 2.66. The number of phosphoric ester groups is 1. The van der Waals surface area contributed by atoms with Crippen molar-refractivity contribution < 1.29 is 56.3 Å². The van der Waals surface area contributed by atoms with Gasteiger partial charge in [-0.2, -0.15) is 8.62 Å². The molecule has 1 saturated heterocycles. The number of aliphatic hydroxyl groups is 1. The second kappa shape index (κ2) is 8.63. The van der Waals surface area contributed by atoms with Crippen LogP contribution in [0, 0.1) is 5.92 Å². The van der Waals surface area contributed by atoms with Crippen LogP contribution in [0.15, 0.2) is 21.9 Å². The Morgan fingerprint density at radius 2 is 1.76 bits per heavy atom. The van der Waals surface area contributed by atoms with Gasteiger partial charge in [-0.15, -0.1) is 0 Å². The zero-order valence-corrected chi connectivity index (χ0v) is 17.1. The van der Waals surface area contributed by atoms with Crippen LogP contribution in [0.5, 0.6) is 0 Å². The molecule has 0 aromatic carbocycles. The van der Waals surface area contributed by atoms with Crippen molar-refractivity contribution >= 4 is 23.5 Å². The number of hydrogen-bond donors (Lipinski definition) is 6. The molecule has 4 unspecified atom stereocenters. The molecule has 1 aromatic rings. The first-order valence-corrected chi connectivity index (χ1v) is 12.1. The Morgan fingerprint density at radius 1 is 1.14 bits per heavy atom. The van der Waals surface area contributed by atoms with Crippen LogP contribution in [0.25, 0.3) is 0 Å². The second-order valence-electron chi connectivity index (χ2n) is 5.82. The van der Waals surface area contributed by atoms with E-state index in [0.29, 0.717) is 0 Å². The molecule has 1 fully saturated rings. The largest absolute Gasteiger partial charge is 0.490 e. The molecule has 166 valence electrons. The summed E-state index contributed by atoms with van der Waals surface area (Å²) < 4.78 is 51.4. The molecule has 6 N–H and O–H groups in total. The van der Waals surface area contributed by atoms with Crippen molar-refractivity contribution in [2.24, 2.45) is 5.92 Å². The van der Waals surface area contributed by atoms with Crippen LogP contribution in [0.4, 0.5) is 0 Å². The molecule has 1 aliphatic rings. The third-order valence-electron chi connectivity index (χ3n) is 3.63. The van der Waals surface area contributed by atoms with Crippen molar-refractivity contribution in [2.75, 3.05) is 6.61 Å². The minimum atomic E-state index is -5.68. The van der Waals surface area contributed by atoms with Gasteiger partial charge in [0.15, 0.2) is 0 Å². The first-order chi connectivity index (χ1) is 13.1. The van der Waals surface area contributed by atoms with E-state index < -0.39 is 65.7 Å². The number of H-pyrrole nitrogens is 1. The number of rotatable bonds is 8. The van der Waals surface area contributed by atoms with Gasteiger partial charge in [-0.1, -0.05) is 6.92 Å². The van der Waals surface area contributed by atoms with Crippen molar-refractivity contribution in [1.82, 2.24) is 9.55 Å². The van der Waals surface area contributed by atoms with E-state index in [1.54, 1.807) is 0 Å². The average Bonchev–Trinajstić information content (AvgIpc) is 2.78. The van der Waals surface area contributed by atoms with Crippen molar-refractivity contribution in [1.29, 1.82) is 0 Å². The monoisotopic (exact) mass is 482 g/mol. The molecule has 0 bridgehead atoms. The first-order valence-electron chi connectivity index (χ1n) is 7.53. The van der Waals surface area contributed by atoms with Gasteiger partial charge >= 0.3 is 29.2 Å². The summed E-state index contributed by atoms with van der Waals surface area (Å²) in [4.78, 5) is 60.4. The lowest BCUT2D eigenvalue weighted by molar-refractivity contribution is -0.0468. The Bertz CT molecular complexity index is 998. The summed E-state index contributed by atoms with van der Waals surface area (Å²) in [7, 11) is -16.6. The Kier molecular flexibility index (Phi) is 7.23. The number of phosphoric acid groups is 3. The van der Waals surface area contributed by atoms with Gasteiger partial charge in [-0.25, -0.2) is 18.5 Å². The molecular weight excluding hydrogens is 465 g/mol. The SMILES string of the molecule is CC1C(O)[C@@H](COP(=O)(O)OP(=O)(O)OP(=O)(O)O)O[C@H]1n1ccc(=O)[nH]c1=O. The topological polar surface area (TPSA) is 244 Å². The van der Waals surface area contributed by atoms with E-state index in [-0.39, 0.29) is 0 Å². The van der Waals surface area contributed by atoms with Crippen LogP contribution >= 0.6 is 23.5 Å². The van der Waals surface area contributed by atoms with Gasteiger partial charge in [-0.3, -0.25) is 18.9 Å². The highest BCUT2D eigenvalue weighted by Gasteiger charge is 2.45. The Balaban J connectivity index is 2.06. The predicted molar refractivity (Wildman–Crippen MR) is 90.2 cm³/mol. The number of nitrogens with one attached hydrogen (secondary N) is 1. The van der Waals surface area contributed by atoms with E-state index >= 15 is 0 Å². The molecule has 16 nitrogen and oxygen atoms in total. The minimum absolute atomic E-state index is 0.665. The van der Waals surface area contributed by atoms with Gasteiger partial charge in [0.05, 0.1) is 12.7 Å². The summed E-state index contributed by atoms with van der Waals surface area (Å²) in [5, 5.41) is 10.2. The van der Waals surface area contributed by atoms with Gasteiger partial charge in [0.25, 0.3) is 5.56 Å². The number of aliphatic hydroxyl groups excluding tert-OH is 1. The van der Waals surface area contributed by atoms with E-state index in [0.717, 1.165) is 16.8 Å². The van der Waals surface area contributed by atoms with E-state index in [9.17, 15) is 33.3 Å². The third-order valence-corrected chi connectivity index (χ3v) is 7.43. The van der Waals surface area contributed by atoms with Gasteiger partial charge in [-0.05, 0) is 0 Å². The first kappa shape index (κ1) is 24.3. The van der Waals surface area contributed by atoms with Gasteiger partial charge < -0.3 is 29.4 Å². The van der Waals surface area contributed by atoms with Crippen LogP contribution in [-0.2, 0) is 31.6 Å². The zero-order chi connectivity index (χ0) is 22.2. The smallest absolute Gasteiger partial charge is 0.390 e. The lowest BCUT2D eigenvalue weighted by atomic mass is 10.0. The molecule has 29 heavy (non-hydrogen) atoms. The van der Waals surface area contributed by atoms with E-state index in [4.69, 9.17) is 19.4 Å². The molecule has 19 heteroatoms. The van der Waals surface area contributed by atoms with Gasteiger partial charge in [0.1, 0.15) is 12.3 Å². The second-order valence-corrected chi connectivity index (χ2v) is 10.2. The molecule has 0 saturated carbocycles. The summed E-state index contributed by atoms with van der Waals surface area (Å²) in [6.07, 6.45) is -2.64. The summed E-state index contributed by atoms with van der Waals surface area (Å²) in [5.74, 6) is -0.756. The third kappa shape index (κ3) is 6.76.